The van der Waals surface area contributed by atoms with Gasteiger partial charge in [-0.2, -0.15) is 0 Å². The Bertz CT molecular complexity index is 468. The number of aldehydes is 1. The second-order valence-corrected chi connectivity index (χ2v) is 4.71. The third-order valence-corrected chi connectivity index (χ3v) is 3.45. The maximum Gasteiger partial charge on any atom is 0.160 e. The van der Waals surface area contributed by atoms with E-state index >= 15 is 0 Å². The molecule has 0 spiro atoms. The van der Waals surface area contributed by atoms with Gasteiger partial charge in [0.1, 0.15) is 0 Å². The lowest BCUT2D eigenvalue weighted by molar-refractivity contribution is 0.112. The van der Waals surface area contributed by atoms with E-state index in [0.29, 0.717) is 0 Å². The number of carbonyl (C=O) groups excluding carboxylic acids is 1. The van der Waals surface area contributed by atoms with Crippen LogP contribution in [0.4, 0.5) is 0 Å². The van der Waals surface area contributed by atoms with Gasteiger partial charge in [0.15, 0.2) is 6.29 Å². The molecule has 0 radical (unpaired) electrons. The summed E-state index contributed by atoms with van der Waals surface area (Å²) < 4.78 is 0. The van der Waals surface area contributed by atoms with Crippen LogP contribution in [0.1, 0.15) is 28.6 Å². The molecule has 2 rings (SSSR count). The smallest absolute Gasteiger partial charge is 0.160 e. The van der Waals surface area contributed by atoms with E-state index in [1.165, 1.54) is 16.9 Å². The Morgan fingerprint density at radius 1 is 1.19 bits per heavy atom. The fourth-order valence-electron chi connectivity index (χ4n) is 1.79. The number of hydrogen-bond acceptors (Lipinski definition) is 2. The van der Waals surface area contributed by atoms with Gasteiger partial charge in [-0.25, -0.2) is 0 Å². The molecule has 0 saturated heterocycles. The van der Waals surface area contributed by atoms with Gasteiger partial charge in [0.05, 0.1) is 4.88 Å². The maximum atomic E-state index is 10.8. The summed E-state index contributed by atoms with van der Waals surface area (Å²) in [5.41, 5.74) is 3.53. The SMILES string of the molecule is CCCc1ccc(-c2ccsc2C=O)cc1. The van der Waals surface area contributed by atoms with Crippen molar-refractivity contribution in [3.05, 3.63) is 46.2 Å². The summed E-state index contributed by atoms with van der Waals surface area (Å²) in [6.07, 6.45) is 3.21. The standard InChI is InChI=1S/C14H14OS/c1-2-3-11-4-6-12(7-5-11)13-8-9-16-14(13)10-15/h4-10H,2-3H2,1H3. The summed E-state index contributed by atoms with van der Waals surface area (Å²) in [5, 5.41) is 1.96. The highest BCUT2D eigenvalue weighted by Gasteiger charge is 2.05. The molecule has 2 aromatic rings. The molecular formula is C14H14OS. The van der Waals surface area contributed by atoms with Crippen LogP contribution in [0.5, 0.6) is 0 Å². The van der Waals surface area contributed by atoms with Gasteiger partial charge in [-0.3, -0.25) is 4.79 Å². The minimum Gasteiger partial charge on any atom is -0.297 e. The van der Waals surface area contributed by atoms with Gasteiger partial charge in [-0.15, -0.1) is 11.3 Å². The predicted molar refractivity (Wildman–Crippen MR) is 69.1 cm³/mol. The third kappa shape index (κ3) is 2.22. The first-order valence-corrected chi connectivity index (χ1v) is 6.35. The lowest BCUT2D eigenvalue weighted by Gasteiger charge is -2.02. The molecule has 0 N–H and O–H groups in total. The summed E-state index contributed by atoms with van der Waals surface area (Å²) in [6, 6.07) is 10.5. The number of rotatable bonds is 4. The lowest BCUT2D eigenvalue weighted by Crippen LogP contribution is -1.84. The number of benzene rings is 1. The van der Waals surface area contributed by atoms with E-state index in [2.05, 4.69) is 31.2 Å². The molecule has 0 aliphatic heterocycles. The van der Waals surface area contributed by atoms with Crippen molar-refractivity contribution < 1.29 is 4.79 Å². The predicted octanol–water partition coefficient (Wildman–Crippen LogP) is 4.18. The number of aryl methyl sites for hydroxylation is 1. The highest BCUT2D eigenvalue weighted by atomic mass is 32.1. The topological polar surface area (TPSA) is 17.1 Å². The molecule has 1 nitrogen and oxygen atoms in total. The zero-order valence-electron chi connectivity index (χ0n) is 9.27. The zero-order valence-corrected chi connectivity index (χ0v) is 10.1. The van der Waals surface area contributed by atoms with Gasteiger partial charge in [0.25, 0.3) is 0 Å². The van der Waals surface area contributed by atoms with Crippen molar-refractivity contribution in [1.82, 2.24) is 0 Å². The van der Waals surface area contributed by atoms with Crippen molar-refractivity contribution in [1.29, 1.82) is 0 Å². The first-order valence-electron chi connectivity index (χ1n) is 5.47. The Hall–Kier alpha value is -1.41. The Morgan fingerprint density at radius 2 is 1.94 bits per heavy atom. The molecule has 82 valence electrons. The largest absolute Gasteiger partial charge is 0.297 e. The molecule has 0 fully saturated rings. The summed E-state index contributed by atoms with van der Waals surface area (Å²) in [7, 11) is 0. The van der Waals surface area contributed by atoms with Gasteiger partial charge < -0.3 is 0 Å². The second-order valence-electron chi connectivity index (χ2n) is 3.76. The normalized spacial score (nSPS) is 10.3. The zero-order chi connectivity index (χ0) is 11.4. The van der Waals surface area contributed by atoms with E-state index in [1.54, 1.807) is 0 Å². The van der Waals surface area contributed by atoms with Crippen LogP contribution in [0.15, 0.2) is 35.7 Å². The van der Waals surface area contributed by atoms with E-state index in [4.69, 9.17) is 0 Å². The van der Waals surface area contributed by atoms with Gasteiger partial charge in [0.2, 0.25) is 0 Å². The quantitative estimate of drug-likeness (QED) is 0.720. The second kappa shape index (κ2) is 5.08. The molecule has 0 amide bonds. The monoisotopic (exact) mass is 230 g/mol. The van der Waals surface area contributed by atoms with Crippen molar-refractivity contribution in [2.45, 2.75) is 19.8 Å². The summed E-state index contributed by atoms with van der Waals surface area (Å²) in [5.74, 6) is 0. The Balaban J connectivity index is 2.31. The first-order chi connectivity index (χ1) is 7.85. The van der Waals surface area contributed by atoms with Crippen LogP contribution >= 0.6 is 11.3 Å². The van der Waals surface area contributed by atoms with Crippen LogP contribution < -0.4 is 0 Å². The molecule has 1 heterocycles. The Kier molecular flexibility index (Phi) is 3.52. The molecule has 0 unspecified atom stereocenters. The molecular weight excluding hydrogens is 216 g/mol. The van der Waals surface area contributed by atoms with Crippen molar-refractivity contribution in [2.24, 2.45) is 0 Å². The molecule has 1 aromatic heterocycles. The van der Waals surface area contributed by atoms with Crippen molar-refractivity contribution in [3.8, 4) is 11.1 Å². The van der Waals surface area contributed by atoms with E-state index < -0.39 is 0 Å². The molecule has 16 heavy (non-hydrogen) atoms. The van der Waals surface area contributed by atoms with Crippen LogP contribution in [-0.2, 0) is 6.42 Å². The van der Waals surface area contributed by atoms with Gasteiger partial charge in [-0.1, -0.05) is 37.6 Å². The number of carbonyl (C=O) groups is 1. The van der Waals surface area contributed by atoms with E-state index in [1.807, 2.05) is 11.4 Å². The average Bonchev–Trinajstić information content (AvgIpc) is 2.78. The fraction of sp³-hybridized carbons (Fsp3) is 0.214. The minimum atomic E-state index is 0.809. The maximum absolute atomic E-state index is 10.8. The van der Waals surface area contributed by atoms with E-state index in [0.717, 1.165) is 35.1 Å². The van der Waals surface area contributed by atoms with Gasteiger partial charge in [0, 0.05) is 5.56 Å². The van der Waals surface area contributed by atoms with Crippen LogP contribution in [0, 0.1) is 0 Å². The molecule has 0 atom stereocenters. The highest BCUT2D eigenvalue weighted by Crippen LogP contribution is 2.27. The van der Waals surface area contributed by atoms with Gasteiger partial charge in [-0.05, 0) is 29.0 Å². The number of hydrogen-bond donors (Lipinski definition) is 0. The van der Waals surface area contributed by atoms with Crippen LogP contribution in [0.25, 0.3) is 11.1 Å². The summed E-state index contributed by atoms with van der Waals surface area (Å²) in [4.78, 5) is 11.7. The van der Waals surface area contributed by atoms with Crippen LogP contribution in [-0.4, -0.2) is 6.29 Å². The van der Waals surface area contributed by atoms with Crippen LogP contribution in [0.2, 0.25) is 0 Å². The molecule has 0 bridgehead atoms. The fourth-order valence-corrected chi connectivity index (χ4v) is 2.51. The lowest BCUT2D eigenvalue weighted by atomic mass is 10.0. The highest BCUT2D eigenvalue weighted by molar-refractivity contribution is 7.12. The molecule has 0 saturated carbocycles. The Morgan fingerprint density at radius 3 is 2.56 bits per heavy atom. The van der Waals surface area contributed by atoms with Gasteiger partial charge >= 0.3 is 0 Å². The first kappa shape index (κ1) is 11.1. The third-order valence-electron chi connectivity index (χ3n) is 2.61. The molecule has 1 aromatic carbocycles. The molecule has 0 aliphatic rings. The summed E-state index contributed by atoms with van der Waals surface area (Å²) in [6.45, 7) is 2.18. The summed E-state index contributed by atoms with van der Waals surface area (Å²) >= 11 is 1.49. The van der Waals surface area contributed by atoms with Crippen LogP contribution in [0.3, 0.4) is 0 Å². The Labute approximate surface area is 99.8 Å². The minimum absolute atomic E-state index is 0.809. The number of thiophene rings is 1. The van der Waals surface area contributed by atoms with E-state index in [-0.39, 0.29) is 0 Å². The molecule has 0 aliphatic carbocycles. The van der Waals surface area contributed by atoms with Crippen molar-refractivity contribution in [2.75, 3.05) is 0 Å². The molecule has 2 heteroatoms. The average molecular weight is 230 g/mol. The van der Waals surface area contributed by atoms with Crippen molar-refractivity contribution >= 4 is 17.6 Å². The van der Waals surface area contributed by atoms with Crippen molar-refractivity contribution in [3.63, 3.8) is 0 Å². The van der Waals surface area contributed by atoms with E-state index in [9.17, 15) is 4.79 Å².